The van der Waals surface area contributed by atoms with Gasteiger partial charge in [-0.1, -0.05) is 12.1 Å². The average Bonchev–Trinajstić information content (AvgIpc) is 2.55. The molecule has 0 aliphatic carbocycles. The molecule has 0 fully saturated rings. The van der Waals surface area contributed by atoms with Crippen LogP contribution in [0.1, 0.15) is 29.1 Å². The van der Waals surface area contributed by atoms with Crippen molar-refractivity contribution in [2.75, 3.05) is 13.7 Å². The molecule has 0 saturated heterocycles. The molecule has 5 heteroatoms. The van der Waals surface area contributed by atoms with Crippen LogP contribution in [0.5, 0.6) is 11.5 Å². The molecule has 0 aliphatic heterocycles. The van der Waals surface area contributed by atoms with Gasteiger partial charge in [0.1, 0.15) is 11.5 Å². The van der Waals surface area contributed by atoms with Gasteiger partial charge in [-0.25, -0.2) is 4.79 Å². The molecule has 22 heavy (non-hydrogen) atoms. The third-order valence-corrected chi connectivity index (χ3v) is 3.03. The summed E-state index contributed by atoms with van der Waals surface area (Å²) in [5.41, 5.74) is 1.03. The first-order chi connectivity index (χ1) is 10.6. The highest BCUT2D eigenvalue weighted by Crippen LogP contribution is 2.20. The highest BCUT2D eigenvalue weighted by molar-refractivity contribution is 5.91. The largest absolute Gasteiger partial charge is 0.497 e. The summed E-state index contributed by atoms with van der Waals surface area (Å²) < 4.78 is 15.4. The second-order valence-electron chi connectivity index (χ2n) is 4.49. The SMILES string of the molecule is CCOC(O)c1ccc(OC(=O)c2ccc(OC)cc2)cc1. The van der Waals surface area contributed by atoms with Crippen LogP contribution in [0, 0.1) is 0 Å². The summed E-state index contributed by atoms with van der Waals surface area (Å²) >= 11 is 0. The van der Waals surface area contributed by atoms with Crippen LogP contribution in [0.2, 0.25) is 0 Å². The number of aliphatic hydroxyl groups is 1. The number of hydrogen-bond acceptors (Lipinski definition) is 5. The number of carbonyl (C=O) groups excluding carboxylic acids is 1. The Kier molecular flexibility index (Phi) is 5.52. The molecule has 0 saturated carbocycles. The van der Waals surface area contributed by atoms with Crippen LogP contribution in [0.25, 0.3) is 0 Å². The van der Waals surface area contributed by atoms with Crippen LogP contribution < -0.4 is 9.47 Å². The zero-order valence-corrected chi connectivity index (χ0v) is 12.5. The number of aliphatic hydroxyl groups excluding tert-OH is 1. The molecule has 2 aromatic rings. The Morgan fingerprint density at radius 3 is 2.18 bits per heavy atom. The summed E-state index contributed by atoms with van der Waals surface area (Å²) in [4.78, 5) is 12.0. The maximum atomic E-state index is 12.0. The Bertz CT molecular complexity index is 604. The Morgan fingerprint density at radius 1 is 1.05 bits per heavy atom. The van der Waals surface area contributed by atoms with Crippen LogP contribution >= 0.6 is 0 Å². The van der Waals surface area contributed by atoms with Gasteiger partial charge in [0.2, 0.25) is 0 Å². The fourth-order valence-corrected chi connectivity index (χ4v) is 1.85. The molecule has 0 spiro atoms. The molecule has 0 amide bonds. The van der Waals surface area contributed by atoms with E-state index in [2.05, 4.69) is 0 Å². The van der Waals surface area contributed by atoms with E-state index in [0.717, 1.165) is 0 Å². The van der Waals surface area contributed by atoms with Crippen molar-refractivity contribution < 1.29 is 24.1 Å². The molecule has 0 heterocycles. The Balaban J connectivity index is 2.01. The highest BCUT2D eigenvalue weighted by Gasteiger charge is 2.10. The summed E-state index contributed by atoms with van der Waals surface area (Å²) in [6.45, 7) is 2.21. The molecule has 0 aromatic heterocycles. The van der Waals surface area contributed by atoms with E-state index in [1.807, 2.05) is 0 Å². The number of methoxy groups -OCH3 is 1. The number of ether oxygens (including phenoxy) is 3. The van der Waals surface area contributed by atoms with Crippen molar-refractivity contribution >= 4 is 5.97 Å². The zero-order chi connectivity index (χ0) is 15.9. The van der Waals surface area contributed by atoms with Crippen LogP contribution in [-0.2, 0) is 4.74 Å². The second kappa shape index (κ2) is 7.59. The zero-order valence-electron chi connectivity index (χ0n) is 12.5. The van der Waals surface area contributed by atoms with Crippen molar-refractivity contribution in [2.24, 2.45) is 0 Å². The summed E-state index contributed by atoms with van der Waals surface area (Å²) in [5, 5.41) is 9.68. The van der Waals surface area contributed by atoms with E-state index in [-0.39, 0.29) is 0 Å². The Labute approximate surface area is 129 Å². The molecular weight excluding hydrogens is 284 g/mol. The molecule has 0 aliphatic rings. The topological polar surface area (TPSA) is 65.0 Å². The normalized spacial score (nSPS) is 11.8. The molecule has 5 nitrogen and oxygen atoms in total. The smallest absolute Gasteiger partial charge is 0.343 e. The van der Waals surface area contributed by atoms with Gasteiger partial charge in [0.25, 0.3) is 0 Å². The van der Waals surface area contributed by atoms with E-state index in [0.29, 0.717) is 29.2 Å². The molecule has 1 unspecified atom stereocenters. The van der Waals surface area contributed by atoms with Gasteiger partial charge >= 0.3 is 5.97 Å². The lowest BCUT2D eigenvalue weighted by atomic mass is 10.2. The minimum absolute atomic E-state index is 0.397. The lowest BCUT2D eigenvalue weighted by molar-refractivity contribution is -0.0979. The lowest BCUT2D eigenvalue weighted by Gasteiger charge is -2.11. The molecule has 2 aromatic carbocycles. The monoisotopic (exact) mass is 302 g/mol. The number of carbonyl (C=O) groups is 1. The summed E-state index contributed by atoms with van der Waals surface area (Å²) in [5.74, 6) is 0.611. The number of benzene rings is 2. The summed E-state index contributed by atoms with van der Waals surface area (Å²) in [6, 6.07) is 13.2. The van der Waals surface area contributed by atoms with Crippen molar-refractivity contribution in [3.63, 3.8) is 0 Å². The van der Waals surface area contributed by atoms with Gasteiger partial charge in [-0.3, -0.25) is 0 Å². The lowest BCUT2D eigenvalue weighted by Crippen LogP contribution is -2.08. The van der Waals surface area contributed by atoms with Crippen molar-refractivity contribution in [2.45, 2.75) is 13.2 Å². The Hall–Kier alpha value is -2.37. The second-order valence-corrected chi connectivity index (χ2v) is 4.49. The number of esters is 1. The molecule has 0 bridgehead atoms. The van der Waals surface area contributed by atoms with Gasteiger partial charge in [0.15, 0.2) is 6.29 Å². The maximum Gasteiger partial charge on any atom is 0.343 e. The number of rotatable bonds is 6. The first kappa shape index (κ1) is 16.0. The van der Waals surface area contributed by atoms with Gasteiger partial charge in [-0.15, -0.1) is 0 Å². The van der Waals surface area contributed by atoms with Crippen molar-refractivity contribution in [3.8, 4) is 11.5 Å². The predicted octanol–water partition coefficient (Wildman–Crippen LogP) is 2.94. The van der Waals surface area contributed by atoms with Crippen LogP contribution in [0.3, 0.4) is 0 Å². The highest BCUT2D eigenvalue weighted by atomic mass is 16.6. The summed E-state index contributed by atoms with van der Waals surface area (Å²) in [6.07, 6.45) is -0.976. The quantitative estimate of drug-likeness (QED) is 0.505. The van der Waals surface area contributed by atoms with E-state index in [1.54, 1.807) is 62.6 Å². The molecule has 2 rings (SSSR count). The fourth-order valence-electron chi connectivity index (χ4n) is 1.85. The minimum atomic E-state index is -0.976. The van der Waals surface area contributed by atoms with Gasteiger partial charge in [-0.05, 0) is 43.3 Å². The average molecular weight is 302 g/mol. The van der Waals surface area contributed by atoms with Crippen molar-refractivity contribution in [1.29, 1.82) is 0 Å². The van der Waals surface area contributed by atoms with Gasteiger partial charge in [0.05, 0.1) is 12.7 Å². The van der Waals surface area contributed by atoms with Gasteiger partial charge < -0.3 is 19.3 Å². The molecular formula is C17H18O5. The Morgan fingerprint density at radius 2 is 1.64 bits per heavy atom. The molecule has 116 valence electrons. The van der Waals surface area contributed by atoms with Gasteiger partial charge in [0, 0.05) is 12.2 Å². The van der Waals surface area contributed by atoms with E-state index in [1.165, 1.54) is 0 Å². The maximum absolute atomic E-state index is 12.0. The van der Waals surface area contributed by atoms with E-state index in [9.17, 15) is 9.90 Å². The fraction of sp³-hybridized carbons (Fsp3) is 0.235. The van der Waals surface area contributed by atoms with E-state index < -0.39 is 12.3 Å². The molecule has 1 N–H and O–H groups in total. The third-order valence-electron chi connectivity index (χ3n) is 3.03. The van der Waals surface area contributed by atoms with E-state index >= 15 is 0 Å². The van der Waals surface area contributed by atoms with Crippen LogP contribution in [-0.4, -0.2) is 24.8 Å². The first-order valence-corrected chi connectivity index (χ1v) is 6.90. The van der Waals surface area contributed by atoms with Crippen molar-refractivity contribution in [1.82, 2.24) is 0 Å². The minimum Gasteiger partial charge on any atom is -0.497 e. The van der Waals surface area contributed by atoms with Crippen molar-refractivity contribution in [3.05, 3.63) is 59.7 Å². The standard InChI is InChI=1S/C17H18O5/c1-3-21-16(18)12-6-10-15(11-7-12)22-17(19)13-4-8-14(20-2)9-5-13/h4-11,16,18H,3H2,1-2H3. The number of hydrogen-bond donors (Lipinski definition) is 1. The van der Waals surface area contributed by atoms with Crippen LogP contribution in [0.4, 0.5) is 0 Å². The molecule has 1 atom stereocenters. The third kappa shape index (κ3) is 4.07. The van der Waals surface area contributed by atoms with E-state index in [4.69, 9.17) is 14.2 Å². The first-order valence-electron chi connectivity index (χ1n) is 6.90. The molecule has 0 radical (unpaired) electrons. The predicted molar refractivity (Wildman–Crippen MR) is 81.0 cm³/mol. The van der Waals surface area contributed by atoms with Gasteiger partial charge in [-0.2, -0.15) is 0 Å². The summed E-state index contributed by atoms with van der Waals surface area (Å²) in [7, 11) is 1.56. The van der Waals surface area contributed by atoms with Crippen LogP contribution in [0.15, 0.2) is 48.5 Å².